The molecule has 1 rings (SSSR count). The van der Waals surface area contributed by atoms with Crippen molar-refractivity contribution in [3.8, 4) is 5.75 Å². The normalized spacial score (nSPS) is 10.3. The lowest BCUT2D eigenvalue weighted by Crippen LogP contribution is -2.32. The van der Waals surface area contributed by atoms with E-state index in [1.54, 1.807) is 18.9 Å². The van der Waals surface area contributed by atoms with Gasteiger partial charge in [0, 0.05) is 18.0 Å². The van der Waals surface area contributed by atoms with E-state index in [0.717, 1.165) is 30.8 Å². The predicted molar refractivity (Wildman–Crippen MR) is 81.3 cm³/mol. The van der Waals surface area contributed by atoms with E-state index in [2.05, 4.69) is 13.8 Å². The van der Waals surface area contributed by atoms with E-state index in [9.17, 15) is 4.79 Å². The topological polar surface area (TPSA) is 29.5 Å². The largest absolute Gasteiger partial charge is 0.496 e. The van der Waals surface area contributed by atoms with Gasteiger partial charge in [-0.05, 0) is 37.3 Å². The maximum Gasteiger partial charge on any atom is 0.257 e. The molecule has 19 heavy (non-hydrogen) atoms. The summed E-state index contributed by atoms with van der Waals surface area (Å²) in [4.78, 5) is 15.5. The van der Waals surface area contributed by atoms with Gasteiger partial charge in [0.1, 0.15) is 5.75 Å². The number of benzene rings is 1. The number of rotatable bonds is 7. The number of hydrogen-bond acceptors (Lipinski definition) is 3. The minimum atomic E-state index is 0.0632. The molecule has 0 aliphatic heterocycles. The number of ether oxygens (including phenoxy) is 1. The van der Waals surface area contributed by atoms with Gasteiger partial charge in [0.25, 0.3) is 5.91 Å². The van der Waals surface area contributed by atoms with Crippen molar-refractivity contribution in [3.63, 3.8) is 0 Å². The summed E-state index contributed by atoms with van der Waals surface area (Å²) in [5, 5.41) is 0. The van der Waals surface area contributed by atoms with Gasteiger partial charge in [-0.2, -0.15) is 0 Å². The molecule has 0 aromatic heterocycles. The Kier molecular flexibility index (Phi) is 6.78. The Morgan fingerprint density at radius 3 is 2.37 bits per heavy atom. The van der Waals surface area contributed by atoms with Gasteiger partial charge in [0.15, 0.2) is 0 Å². The highest BCUT2D eigenvalue weighted by Gasteiger charge is 2.18. The van der Waals surface area contributed by atoms with Gasteiger partial charge in [-0.25, -0.2) is 0 Å². The molecule has 1 aromatic rings. The molecular weight excluding hydrogens is 258 g/mol. The van der Waals surface area contributed by atoms with Crippen molar-refractivity contribution in [2.45, 2.75) is 31.6 Å². The van der Waals surface area contributed by atoms with E-state index in [-0.39, 0.29) is 5.91 Å². The monoisotopic (exact) mass is 281 g/mol. The van der Waals surface area contributed by atoms with Gasteiger partial charge < -0.3 is 9.64 Å². The molecular formula is C15H23NO2S. The fourth-order valence-corrected chi connectivity index (χ4v) is 2.43. The summed E-state index contributed by atoms with van der Waals surface area (Å²) in [6.07, 6.45) is 3.95. The summed E-state index contributed by atoms with van der Waals surface area (Å²) in [5.41, 5.74) is 0.655. The molecule has 106 valence electrons. The number of methoxy groups -OCH3 is 1. The third-order valence-electron chi connectivity index (χ3n) is 2.91. The number of nitrogens with zero attached hydrogens (tertiary/aromatic N) is 1. The minimum Gasteiger partial charge on any atom is -0.496 e. The van der Waals surface area contributed by atoms with E-state index in [4.69, 9.17) is 4.74 Å². The third kappa shape index (κ3) is 4.16. The van der Waals surface area contributed by atoms with Crippen molar-refractivity contribution in [2.75, 3.05) is 26.5 Å². The first kappa shape index (κ1) is 15.9. The van der Waals surface area contributed by atoms with Crippen molar-refractivity contribution in [3.05, 3.63) is 23.8 Å². The smallest absolute Gasteiger partial charge is 0.257 e. The molecule has 3 nitrogen and oxygen atoms in total. The molecule has 0 heterocycles. The quantitative estimate of drug-likeness (QED) is 0.714. The van der Waals surface area contributed by atoms with Gasteiger partial charge in [0.2, 0.25) is 0 Å². The molecule has 0 aliphatic rings. The Hall–Kier alpha value is -1.16. The van der Waals surface area contributed by atoms with E-state index in [1.165, 1.54) is 0 Å². The van der Waals surface area contributed by atoms with Crippen LogP contribution in [0, 0.1) is 0 Å². The molecule has 4 heteroatoms. The maximum absolute atomic E-state index is 12.5. The van der Waals surface area contributed by atoms with Crippen molar-refractivity contribution in [2.24, 2.45) is 0 Å². The molecule has 0 N–H and O–H groups in total. The van der Waals surface area contributed by atoms with Gasteiger partial charge >= 0.3 is 0 Å². The van der Waals surface area contributed by atoms with Crippen LogP contribution in [-0.4, -0.2) is 37.3 Å². The summed E-state index contributed by atoms with van der Waals surface area (Å²) in [6, 6.07) is 5.76. The van der Waals surface area contributed by atoms with Crippen LogP contribution in [0.2, 0.25) is 0 Å². The lowest BCUT2D eigenvalue weighted by atomic mass is 10.1. The minimum absolute atomic E-state index is 0.0632. The van der Waals surface area contributed by atoms with Gasteiger partial charge in [-0.1, -0.05) is 13.8 Å². The maximum atomic E-state index is 12.5. The van der Waals surface area contributed by atoms with Gasteiger partial charge in [-0.3, -0.25) is 4.79 Å². The molecule has 1 amide bonds. The average molecular weight is 281 g/mol. The molecule has 0 atom stereocenters. The van der Waals surface area contributed by atoms with Crippen LogP contribution in [0.15, 0.2) is 23.1 Å². The Balaban J connectivity index is 3.02. The third-order valence-corrected chi connectivity index (χ3v) is 3.64. The Morgan fingerprint density at radius 1 is 1.26 bits per heavy atom. The van der Waals surface area contributed by atoms with Crippen LogP contribution in [0.5, 0.6) is 5.75 Å². The average Bonchev–Trinajstić information content (AvgIpc) is 2.45. The van der Waals surface area contributed by atoms with Gasteiger partial charge in [0.05, 0.1) is 12.7 Å². The number of thioether (sulfide) groups is 1. The lowest BCUT2D eigenvalue weighted by Gasteiger charge is -2.22. The number of carbonyl (C=O) groups excluding carboxylic acids is 1. The van der Waals surface area contributed by atoms with Crippen LogP contribution >= 0.6 is 11.8 Å². The molecule has 0 radical (unpaired) electrons. The van der Waals surface area contributed by atoms with Crippen LogP contribution in [-0.2, 0) is 0 Å². The summed E-state index contributed by atoms with van der Waals surface area (Å²) < 4.78 is 5.35. The first-order valence-corrected chi connectivity index (χ1v) is 7.91. The van der Waals surface area contributed by atoms with E-state index >= 15 is 0 Å². The highest BCUT2D eigenvalue weighted by atomic mass is 32.2. The number of amides is 1. The number of carbonyl (C=O) groups is 1. The second-order valence-corrected chi connectivity index (χ2v) is 5.24. The highest BCUT2D eigenvalue weighted by molar-refractivity contribution is 7.98. The zero-order valence-corrected chi connectivity index (χ0v) is 13.0. The molecule has 1 aromatic carbocycles. The lowest BCUT2D eigenvalue weighted by molar-refractivity contribution is 0.0752. The van der Waals surface area contributed by atoms with Crippen LogP contribution in [0.1, 0.15) is 37.0 Å². The second-order valence-electron chi connectivity index (χ2n) is 4.36. The Labute approximate surface area is 120 Å². The molecule has 0 spiro atoms. The first-order valence-electron chi connectivity index (χ1n) is 6.69. The molecule has 0 saturated heterocycles. The molecule has 0 aliphatic carbocycles. The van der Waals surface area contributed by atoms with E-state index < -0.39 is 0 Å². The Morgan fingerprint density at radius 2 is 1.89 bits per heavy atom. The summed E-state index contributed by atoms with van der Waals surface area (Å²) in [5.74, 6) is 0.724. The SMILES string of the molecule is CCCN(CCC)C(=O)c1ccc(SC)cc1OC. The summed E-state index contributed by atoms with van der Waals surface area (Å²) in [6.45, 7) is 5.76. The van der Waals surface area contributed by atoms with Crippen molar-refractivity contribution >= 4 is 17.7 Å². The molecule has 0 bridgehead atoms. The van der Waals surface area contributed by atoms with E-state index in [0.29, 0.717) is 11.3 Å². The van der Waals surface area contributed by atoms with Crippen LogP contribution < -0.4 is 4.74 Å². The highest BCUT2D eigenvalue weighted by Crippen LogP contribution is 2.26. The second kappa shape index (κ2) is 8.10. The fraction of sp³-hybridized carbons (Fsp3) is 0.533. The zero-order chi connectivity index (χ0) is 14.3. The van der Waals surface area contributed by atoms with Crippen molar-refractivity contribution in [1.29, 1.82) is 0 Å². The molecule has 0 fully saturated rings. The van der Waals surface area contributed by atoms with Crippen molar-refractivity contribution < 1.29 is 9.53 Å². The molecule has 0 unspecified atom stereocenters. The van der Waals surface area contributed by atoms with Crippen LogP contribution in [0.3, 0.4) is 0 Å². The Bertz CT molecular complexity index is 415. The van der Waals surface area contributed by atoms with Crippen LogP contribution in [0.4, 0.5) is 0 Å². The zero-order valence-electron chi connectivity index (χ0n) is 12.2. The van der Waals surface area contributed by atoms with Crippen molar-refractivity contribution in [1.82, 2.24) is 4.90 Å². The molecule has 0 saturated carbocycles. The fourth-order valence-electron chi connectivity index (χ4n) is 2.00. The standard InChI is InChI=1S/C15H23NO2S/c1-5-9-16(10-6-2)15(17)13-8-7-12(19-4)11-14(13)18-3/h7-8,11H,5-6,9-10H2,1-4H3. The summed E-state index contributed by atoms with van der Waals surface area (Å²) in [7, 11) is 1.61. The van der Waals surface area contributed by atoms with Gasteiger partial charge in [-0.15, -0.1) is 11.8 Å². The van der Waals surface area contributed by atoms with Crippen LogP contribution in [0.25, 0.3) is 0 Å². The summed E-state index contributed by atoms with van der Waals surface area (Å²) >= 11 is 1.64. The number of hydrogen-bond donors (Lipinski definition) is 0. The first-order chi connectivity index (χ1) is 9.17. The van der Waals surface area contributed by atoms with E-state index in [1.807, 2.05) is 29.4 Å². The predicted octanol–water partition coefficient (Wildman–Crippen LogP) is 3.68.